The summed E-state index contributed by atoms with van der Waals surface area (Å²) in [5, 5.41) is 0.148. The highest BCUT2D eigenvalue weighted by Gasteiger charge is 2.15. The number of nitrogen functional groups attached to an aromatic ring is 1. The Morgan fingerprint density at radius 2 is 2.12 bits per heavy atom. The highest BCUT2D eigenvalue weighted by atomic mass is 35.5. The summed E-state index contributed by atoms with van der Waals surface area (Å²) >= 11 is 5.75. The Labute approximate surface area is 103 Å². The number of rotatable bonds is 3. The van der Waals surface area contributed by atoms with Crippen LogP contribution in [-0.2, 0) is 14.9 Å². The summed E-state index contributed by atoms with van der Waals surface area (Å²) in [6, 6.07) is 4.25. The standard InChI is InChI=1S/C8H10ClN3O4S/c1-16-8(13)12-17(14,15)11-7-4-5(10)2-3-6(7)9/h2-4,11H,10H2,1H3,(H,12,13). The van der Waals surface area contributed by atoms with Gasteiger partial charge in [-0.15, -0.1) is 0 Å². The number of methoxy groups -OCH3 is 1. The van der Waals surface area contributed by atoms with Gasteiger partial charge in [-0.25, -0.2) is 9.52 Å². The molecule has 0 fully saturated rings. The molecular weight excluding hydrogens is 270 g/mol. The second kappa shape index (κ2) is 5.11. The number of anilines is 2. The number of carbonyl (C=O) groups excluding carboxylic acids is 1. The average Bonchev–Trinajstić information content (AvgIpc) is 2.22. The van der Waals surface area contributed by atoms with Crippen LogP contribution in [0.3, 0.4) is 0 Å². The summed E-state index contributed by atoms with van der Waals surface area (Å²) in [7, 11) is -3.06. The van der Waals surface area contributed by atoms with Crippen molar-refractivity contribution in [3.05, 3.63) is 23.2 Å². The lowest BCUT2D eigenvalue weighted by Gasteiger charge is -2.10. The van der Waals surface area contributed by atoms with Crippen molar-refractivity contribution in [1.29, 1.82) is 0 Å². The molecule has 17 heavy (non-hydrogen) atoms. The van der Waals surface area contributed by atoms with Crippen LogP contribution in [0, 0.1) is 0 Å². The maximum absolute atomic E-state index is 11.4. The largest absolute Gasteiger partial charge is 0.452 e. The van der Waals surface area contributed by atoms with E-state index in [9.17, 15) is 13.2 Å². The van der Waals surface area contributed by atoms with Crippen LogP contribution in [0.25, 0.3) is 0 Å². The molecule has 0 saturated carbocycles. The van der Waals surface area contributed by atoms with E-state index in [-0.39, 0.29) is 10.7 Å². The number of halogens is 1. The third-order valence-corrected chi connectivity index (χ3v) is 2.89. The minimum Gasteiger partial charge on any atom is -0.452 e. The molecule has 0 bridgehead atoms. The molecule has 1 aromatic carbocycles. The molecule has 0 saturated heterocycles. The zero-order chi connectivity index (χ0) is 13.1. The van der Waals surface area contributed by atoms with E-state index in [4.69, 9.17) is 17.3 Å². The van der Waals surface area contributed by atoms with E-state index in [0.717, 1.165) is 7.11 Å². The van der Waals surface area contributed by atoms with E-state index in [2.05, 4.69) is 4.74 Å². The fourth-order valence-electron chi connectivity index (χ4n) is 0.943. The van der Waals surface area contributed by atoms with Crippen molar-refractivity contribution in [3.8, 4) is 0 Å². The van der Waals surface area contributed by atoms with Crippen molar-refractivity contribution < 1.29 is 17.9 Å². The monoisotopic (exact) mass is 279 g/mol. The summed E-state index contributed by atoms with van der Waals surface area (Å²) in [6.07, 6.45) is -1.11. The first-order valence-corrected chi connectivity index (χ1v) is 6.13. The van der Waals surface area contributed by atoms with Gasteiger partial charge in [-0.05, 0) is 18.2 Å². The zero-order valence-electron chi connectivity index (χ0n) is 8.73. The normalized spacial score (nSPS) is 10.7. The molecule has 94 valence electrons. The maximum atomic E-state index is 11.4. The summed E-state index contributed by atoms with van der Waals surface area (Å²) in [6.45, 7) is 0. The first-order chi connectivity index (χ1) is 7.84. The molecule has 0 aliphatic heterocycles. The third kappa shape index (κ3) is 4.00. The third-order valence-electron chi connectivity index (χ3n) is 1.64. The number of hydrogen-bond acceptors (Lipinski definition) is 5. The molecule has 0 aromatic heterocycles. The highest BCUT2D eigenvalue weighted by molar-refractivity contribution is 7.91. The Hall–Kier alpha value is -1.67. The fourth-order valence-corrected chi connectivity index (χ4v) is 1.98. The van der Waals surface area contributed by atoms with Gasteiger partial charge in [-0.2, -0.15) is 8.42 Å². The molecule has 1 amide bonds. The van der Waals surface area contributed by atoms with Crippen LogP contribution in [0.5, 0.6) is 0 Å². The summed E-state index contributed by atoms with van der Waals surface area (Å²) in [5.41, 5.74) is 5.85. The van der Waals surface area contributed by atoms with Crippen LogP contribution in [0.15, 0.2) is 18.2 Å². The van der Waals surface area contributed by atoms with Gasteiger partial charge in [-0.1, -0.05) is 11.6 Å². The second-order valence-corrected chi connectivity index (χ2v) is 4.76. The van der Waals surface area contributed by atoms with Crippen molar-refractivity contribution in [3.63, 3.8) is 0 Å². The minimum absolute atomic E-state index is 0.0584. The van der Waals surface area contributed by atoms with Crippen molar-refractivity contribution in [2.45, 2.75) is 0 Å². The Balaban J connectivity index is 2.90. The summed E-state index contributed by atoms with van der Waals surface area (Å²) in [5.74, 6) is 0. The molecule has 0 aliphatic carbocycles. The number of benzene rings is 1. The van der Waals surface area contributed by atoms with E-state index in [1.807, 2.05) is 4.72 Å². The first-order valence-electron chi connectivity index (χ1n) is 4.27. The second-order valence-electron chi connectivity index (χ2n) is 2.94. The highest BCUT2D eigenvalue weighted by Crippen LogP contribution is 2.24. The number of ether oxygens (including phenoxy) is 1. The molecule has 0 aliphatic rings. The molecule has 1 aromatic rings. The van der Waals surface area contributed by atoms with Gasteiger partial charge in [0.1, 0.15) is 0 Å². The predicted molar refractivity (Wildman–Crippen MR) is 63.9 cm³/mol. The van der Waals surface area contributed by atoms with Crippen LogP contribution >= 0.6 is 11.6 Å². The van der Waals surface area contributed by atoms with Gasteiger partial charge < -0.3 is 10.5 Å². The summed E-state index contributed by atoms with van der Waals surface area (Å²) < 4.78 is 30.6. The number of amides is 1. The average molecular weight is 280 g/mol. The van der Waals surface area contributed by atoms with Gasteiger partial charge in [0.15, 0.2) is 0 Å². The van der Waals surface area contributed by atoms with Gasteiger partial charge >= 0.3 is 16.3 Å². The Morgan fingerprint density at radius 1 is 1.47 bits per heavy atom. The Bertz CT molecular complexity index is 532. The van der Waals surface area contributed by atoms with Gasteiger partial charge in [0, 0.05) is 5.69 Å². The van der Waals surface area contributed by atoms with Crippen molar-refractivity contribution in [2.24, 2.45) is 0 Å². The molecule has 0 spiro atoms. The van der Waals surface area contributed by atoms with Crippen LogP contribution in [0.2, 0.25) is 5.02 Å². The molecule has 4 N–H and O–H groups in total. The molecule has 7 nitrogen and oxygen atoms in total. The van der Waals surface area contributed by atoms with Gasteiger partial charge in [0.2, 0.25) is 0 Å². The van der Waals surface area contributed by atoms with Gasteiger partial charge in [-0.3, -0.25) is 4.72 Å². The number of hydrogen-bond donors (Lipinski definition) is 3. The molecular formula is C8H10ClN3O4S. The van der Waals surface area contributed by atoms with Crippen molar-refractivity contribution >= 4 is 39.3 Å². The zero-order valence-corrected chi connectivity index (χ0v) is 10.3. The van der Waals surface area contributed by atoms with Crippen LogP contribution in [0.4, 0.5) is 16.2 Å². The lowest BCUT2D eigenvalue weighted by Crippen LogP contribution is -2.35. The molecule has 1 rings (SSSR count). The molecule has 0 heterocycles. The van der Waals surface area contributed by atoms with Crippen LogP contribution in [0.1, 0.15) is 0 Å². The summed E-state index contributed by atoms with van der Waals surface area (Å²) in [4.78, 5) is 10.8. The van der Waals surface area contributed by atoms with Crippen LogP contribution < -0.4 is 15.2 Å². The van der Waals surface area contributed by atoms with Gasteiger partial charge in [0.25, 0.3) is 0 Å². The van der Waals surface area contributed by atoms with Crippen molar-refractivity contribution in [1.82, 2.24) is 4.72 Å². The molecule has 0 unspecified atom stereocenters. The Morgan fingerprint density at radius 3 is 2.71 bits per heavy atom. The molecule has 9 heteroatoms. The first kappa shape index (κ1) is 13.4. The minimum atomic E-state index is -4.10. The smallest absolute Gasteiger partial charge is 0.422 e. The predicted octanol–water partition coefficient (Wildman–Crippen LogP) is 0.935. The van der Waals surface area contributed by atoms with Gasteiger partial charge in [0.05, 0.1) is 17.8 Å². The van der Waals surface area contributed by atoms with E-state index in [0.29, 0.717) is 5.69 Å². The molecule has 0 radical (unpaired) electrons. The fraction of sp³-hybridized carbons (Fsp3) is 0.125. The number of nitrogens with one attached hydrogen (secondary N) is 2. The lowest BCUT2D eigenvalue weighted by molar-refractivity contribution is 0.177. The quantitative estimate of drug-likeness (QED) is 0.713. The van der Waals surface area contributed by atoms with E-state index in [1.54, 1.807) is 4.72 Å². The number of nitrogens with two attached hydrogens (primary N) is 1. The van der Waals surface area contributed by atoms with E-state index < -0.39 is 16.3 Å². The van der Waals surface area contributed by atoms with E-state index >= 15 is 0 Å². The molecule has 0 atom stereocenters. The SMILES string of the molecule is COC(=O)NS(=O)(=O)Nc1cc(N)ccc1Cl. The Kier molecular flexibility index (Phi) is 4.02. The maximum Gasteiger partial charge on any atom is 0.422 e. The van der Waals surface area contributed by atoms with E-state index in [1.165, 1.54) is 18.2 Å². The van der Waals surface area contributed by atoms with Crippen LogP contribution in [-0.4, -0.2) is 21.6 Å². The topological polar surface area (TPSA) is 111 Å². The number of carbonyl (C=O) groups is 1. The lowest BCUT2D eigenvalue weighted by atomic mass is 10.3. The van der Waals surface area contributed by atoms with Crippen molar-refractivity contribution in [2.75, 3.05) is 17.6 Å².